The van der Waals surface area contributed by atoms with E-state index in [1.54, 1.807) is 12.2 Å². The van der Waals surface area contributed by atoms with E-state index in [1.165, 1.54) is 0 Å². The molecule has 0 radical (unpaired) electrons. The van der Waals surface area contributed by atoms with Crippen molar-refractivity contribution in [2.45, 2.75) is 36.7 Å². The topological polar surface area (TPSA) is 96.8 Å². The smallest absolute Gasteiger partial charge is 0.330 e. The van der Waals surface area contributed by atoms with Crippen LogP contribution in [0, 0.1) is 0 Å². The Hall–Kier alpha value is -0.490. The molecule has 3 aliphatic rings. The van der Waals surface area contributed by atoms with Crippen molar-refractivity contribution in [1.82, 2.24) is 0 Å². The van der Waals surface area contributed by atoms with E-state index < -0.39 is 25.3 Å². The lowest BCUT2D eigenvalue weighted by Gasteiger charge is -2.48. The first-order valence-electron chi connectivity index (χ1n) is 5.86. The van der Waals surface area contributed by atoms with Crippen LogP contribution in [0.5, 0.6) is 0 Å². The fourth-order valence-corrected chi connectivity index (χ4v) is 4.42. The molecule has 18 heavy (non-hydrogen) atoms. The van der Waals surface area contributed by atoms with Crippen LogP contribution in [-0.4, -0.2) is 24.0 Å². The second-order valence-electron chi connectivity index (χ2n) is 4.61. The number of nitrogens with two attached hydrogens (primary N) is 2. The predicted molar refractivity (Wildman–Crippen MR) is 67.6 cm³/mol. The lowest BCUT2D eigenvalue weighted by Crippen LogP contribution is -2.67. The molecule has 0 amide bonds. The van der Waals surface area contributed by atoms with E-state index in [4.69, 9.17) is 25.0 Å². The van der Waals surface area contributed by atoms with Crippen molar-refractivity contribution in [2.24, 2.45) is 11.5 Å². The van der Waals surface area contributed by atoms with Gasteiger partial charge in [0.25, 0.3) is 0 Å². The van der Waals surface area contributed by atoms with Crippen molar-refractivity contribution >= 4 is 7.82 Å². The normalized spacial score (nSPS) is 38.2. The van der Waals surface area contributed by atoms with Gasteiger partial charge in [-0.1, -0.05) is 12.2 Å². The summed E-state index contributed by atoms with van der Waals surface area (Å²) in [6.07, 6.45) is 4.17. The molecule has 2 bridgehead atoms. The highest BCUT2D eigenvalue weighted by Crippen LogP contribution is 2.77. The first-order valence-corrected chi connectivity index (χ1v) is 7.32. The van der Waals surface area contributed by atoms with Gasteiger partial charge in [-0.25, -0.2) is 13.6 Å². The number of hydrogen-bond donors (Lipinski definition) is 2. The van der Waals surface area contributed by atoms with Crippen molar-refractivity contribution in [1.29, 1.82) is 0 Å². The maximum absolute atomic E-state index is 11.8. The van der Waals surface area contributed by atoms with E-state index in [2.05, 4.69) is 13.2 Å². The minimum absolute atomic E-state index is 0.372. The summed E-state index contributed by atoms with van der Waals surface area (Å²) in [5.74, 6) is -1.20. The summed E-state index contributed by atoms with van der Waals surface area (Å²) < 4.78 is 27.9. The molecule has 4 N–H and O–H groups in total. The molecule has 7 heteroatoms. The van der Waals surface area contributed by atoms with Gasteiger partial charge in [0, 0.05) is 0 Å². The largest absolute Gasteiger partial charge is 0.480 e. The summed E-state index contributed by atoms with van der Waals surface area (Å²) in [6, 6.07) is 0. The minimum Gasteiger partial charge on any atom is -0.330 e. The highest BCUT2D eigenvalue weighted by Gasteiger charge is 2.77. The molecule has 3 rings (SSSR count). The van der Waals surface area contributed by atoms with Crippen molar-refractivity contribution in [2.75, 3.05) is 6.54 Å². The van der Waals surface area contributed by atoms with E-state index >= 15 is 0 Å². The Morgan fingerprint density at radius 3 is 2.33 bits per heavy atom. The highest BCUT2D eigenvalue weighted by molar-refractivity contribution is 7.50. The molecule has 1 atom stereocenters. The van der Waals surface area contributed by atoms with Crippen LogP contribution < -0.4 is 11.5 Å². The third-order valence-corrected chi connectivity index (χ3v) is 4.82. The summed E-state index contributed by atoms with van der Waals surface area (Å²) in [5.41, 5.74) is 11.0. The molecule has 102 valence electrons. The second kappa shape index (κ2) is 4.56. The number of phosphoric ester groups is 1. The first-order chi connectivity index (χ1) is 8.45. The van der Waals surface area contributed by atoms with Crippen LogP contribution in [0.3, 0.4) is 0 Å². The molecule has 3 aliphatic heterocycles. The number of phosphoric acid groups is 1. The molecule has 3 heterocycles. The molecular formula is C11H19N2O4P. The van der Waals surface area contributed by atoms with Crippen LogP contribution >= 0.6 is 7.82 Å². The van der Waals surface area contributed by atoms with Crippen LogP contribution in [0.2, 0.25) is 0 Å². The molecule has 0 aromatic carbocycles. The third-order valence-electron chi connectivity index (χ3n) is 3.32. The van der Waals surface area contributed by atoms with Crippen LogP contribution in [0.15, 0.2) is 25.3 Å². The van der Waals surface area contributed by atoms with Crippen LogP contribution in [0.1, 0.15) is 19.3 Å². The monoisotopic (exact) mass is 274 g/mol. The Morgan fingerprint density at radius 1 is 1.33 bits per heavy atom. The van der Waals surface area contributed by atoms with E-state index in [0.29, 0.717) is 25.8 Å². The van der Waals surface area contributed by atoms with Gasteiger partial charge in [-0.3, -0.25) is 4.52 Å². The third kappa shape index (κ3) is 1.81. The van der Waals surface area contributed by atoms with Crippen molar-refractivity contribution in [3.8, 4) is 0 Å². The minimum atomic E-state index is -3.40. The zero-order valence-corrected chi connectivity index (χ0v) is 11.1. The van der Waals surface area contributed by atoms with Crippen molar-refractivity contribution in [3.05, 3.63) is 25.3 Å². The van der Waals surface area contributed by atoms with Gasteiger partial charge in [0.15, 0.2) is 0 Å². The summed E-state index contributed by atoms with van der Waals surface area (Å²) in [6.45, 7) is 7.72. The molecule has 1 unspecified atom stereocenters. The first kappa shape index (κ1) is 13.9. The second-order valence-corrected chi connectivity index (χ2v) is 6.08. The fraction of sp³-hybridized carbons (Fsp3) is 0.636. The maximum Gasteiger partial charge on any atom is 0.480 e. The SMILES string of the molecule is C=CCC(N)(CC=C)C12OP(=O)(OC1CCN)O2. The Balaban J connectivity index is 2.30. The Bertz CT molecular complexity index is 392. The number of hydrogen-bond acceptors (Lipinski definition) is 6. The predicted octanol–water partition coefficient (Wildman–Crippen LogP) is 1.43. The van der Waals surface area contributed by atoms with E-state index in [9.17, 15) is 4.57 Å². The maximum atomic E-state index is 11.8. The fourth-order valence-electron chi connectivity index (χ4n) is 2.50. The Morgan fingerprint density at radius 2 is 1.89 bits per heavy atom. The van der Waals surface area contributed by atoms with Crippen molar-refractivity contribution in [3.63, 3.8) is 0 Å². The highest BCUT2D eigenvalue weighted by atomic mass is 31.2. The quantitative estimate of drug-likeness (QED) is 0.538. The summed E-state index contributed by atoms with van der Waals surface area (Å²) in [5, 5.41) is 0. The molecule has 0 aromatic heterocycles. The van der Waals surface area contributed by atoms with Gasteiger partial charge in [0.1, 0.15) is 6.10 Å². The van der Waals surface area contributed by atoms with Gasteiger partial charge in [-0.15, -0.1) is 13.2 Å². The van der Waals surface area contributed by atoms with Crippen LogP contribution in [0.25, 0.3) is 0 Å². The van der Waals surface area contributed by atoms with Gasteiger partial charge >= 0.3 is 7.82 Å². The molecule has 0 spiro atoms. The molecule has 3 saturated heterocycles. The molecule has 0 aromatic rings. The molecule has 6 nitrogen and oxygen atoms in total. The van der Waals surface area contributed by atoms with Gasteiger partial charge in [0.05, 0.1) is 5.54 Å². The zero-order valence-electron chi connectivity index (χ0n) is 10.2. The molecule has 3 fully saturated rings. The Kier molecular flexibility index (Phi) is 3.53. The van der Waals surface area contributed by atoms with Crippen LogP contribution in [0.4, 0.5) is 0 Å². The number of rotatable bonds is 7. The van der Waals surface area contributed by atoms with Crippen LogP contribution in [-0.2, 0) is 18.1 Å². The van der Waals surface area contributed by atoms with Gasteiger partial charge < -0.3 is 11.5 Å². The average Bonchev–Trinajstić information content (AvgIpc) is 2.68. The number of fused-ring (bicyclic) bond motifs is 1. The summed E-state index contributed by atoms with van der Waals surface area (Å²) >= 11 is 0. The summed E-state index contributed by atoms with van der Waals surface area (Å²) in [7, 11) is -3.40. The van der Waals surface area contributed by atoms with E-state index in [0.717, 1.165) is 0 Å². The lowest BCUT2D eigenvalue weighted by molar-refractivity contribution is -0.227. The van der Waals surface area contributed by atoms with Gasteiger partial charge in [-0.05, 0) is 25.8 Å². The Labute approximate surface area is 107 Å². The lowest BCUT2D eigenvalue weighted by atomic mass is 9.79. The van der Waals surface area contributed by atoms with E-state index in [1.807, 2.05) is 0 Å². The summed E-state index contributed by atoms with van der Waals surface area (Å²) in [4.78, 5) is 0. The van der Waals surface area contributed by atoms with Gasteiger partial charge in [0.2, 0.25) is 5.79 Å². The average molecular weight is 274 g/mol. The molecule has 0 saturated carbocycles. The van der Waals surface area contributed by atoms with Gasteiger partial charge in [-0.2, -0.15) is 0 Å². The van der Waals surface area contributed by atoms with Crippen molar-refractivity contribution < 1.29 is 18.1 Å². The standard InChI is InChI=1S/C11H19N2O4P/c1-3-6-10(13,7-4-2)11-9(5-8-12)15-18(14,16-11)17-11/h3-4,9H,1-2,5-8,12-13H2. The zero-order chi connectivity index (χ0) is 13.4. The molecule has 0 aliphatic carbocycles. The van der Waals surface area contributed by atoms with E-state index in [-0.39, 0.29) is 0 Å². The molecular weight excluding hydrogens is 255 g/mol.